The summed E-state index contributed by atoms with van der Waals surface area (Å²) in [6.07, 6.45) is 0. The third-order valence-corrected chi connectivity index (χ3v) is 5.05. The highest BCUT2D eigenvalue weighted by Gasteiger charge is 2.36. The minimum atomic E-state index is -5.19. The molecule has 0 saturated heterocycles. The molecule has 23 heavy (non-hydrogen) atoms. The van der Waals surface area contributed by atoms with E-state index in [9.17, 15) is 39.2 Å². The first-order chi connectivity index (χ1) is 10.3. The fourth-order valence-corrected chi connectivity index (χ4v) is 3.42. The van der Waals surface area contributed by atoms with Crippen LogP contribution in [0.5, 0.6) is 0 Å². The van der Waals surface area contributed by atoms with Crippen molar-refractivity contribution in [2.45, 2.75) is 16.7 Å². The number of ether oxygens (including phenoxy) is 1. The number of nitrogens with two attached hydrogens (primary N) is 1. The van der Waals surface area contributed by atoms with Gasteiger partial charge in [0.1, 0.15) is 11.5 Å². The van der Waals surface area contributed by atoms with Gasteiger partial charge in [-0.2, -0.15) is 0 Å². The van der Waals surface area contributed by atoms with E-state index in [2.05, 4.69) is 9.88 Å². The lowest BCUT2D eigenvalue weighted by Crippen LogP contribution is -2.23. The molecule has 1 aromatic rings. The van der Waals surface area contributed by atoms with Gasteiger partial charge >= 0.3 is 5.97 Å². The molecule has 0 aliphatic carbocycles. The molecule has 0 aromatic heterocycles. The van der Waals surface area contributed by atoms with E-state index in [1.165, 1.54) is 0 Å². The Morgan fingerprint density at radius 1 is 0.957 bits per heavy atom. The molecular weight excluding hydrogens is 370 g/mol. The lowest BCUT2D eigenvalue weighted by Gasteiger charge is -2.11. The van der Waals surface area contributed by atoms with Gasteiger partial charge in [0.05, 0.1) is 5.75 Å². The highest BCUT2D eigenvalue weighted by molar-refractivity contribution is 7.91. The number of carbonyl (C=O) groups is 1. The van der Waals surface area contributed by atoms with Crippen molar-refractivity contribution in [3.8, 4) is 0 Å². The third-order valence-electron chi connectivity index (χ3n) is 2.44. The molecule has 0 unspecified atom stereocenters. The Labute approximate surface area is 128 Å². The molecule has 0 fully saturated rings. The van der Waals surface area contributed by atoms with Crippen LogP contribution in [0.25, 0.3) is 0 Å². The highest BCUT2D eigenvalue weighted by Crippen LogP contribution is 2.30. The van der Waals surface area contributed by atoms with Crippen LogP contribution in [0.4, 0.5) is 17.6 Å². The van der Waals surface area contributed by atoms with E-state index >= 15 is 0 Å². The number of esters is 1. The van der Waals surface area contributed by atoms with E-state index in [1.54, 1.807) is 0 Å². The van der Waals surface area contributed by atoms with Crippen molar-refractivity contribution in [3.63, 3.8) is 0 Å². The number of carbonyl (C=O) groups excluding carboxylic acids is 1. The summed E-state index contributed by atoms with van der Waals surface area (Å²) in [5.41, 5.74) is 0. The number of rotatable bonds is 5. The maximum atomic E-state index is 13.7. The van der Waals surface area contributed by atoms with Crippen LogP contribution in [0.1, 0.15) is 6.92 Å². The summed E-state index contributed by atoms with van der Waals surface area (Å²) in [7, 11) is -10.2. The van der Waals surface area contributed by atoms with Crippen molar-refractivity contribution in [3.05, 3.63) is 23.3 Å². The quantitative estimate of drug-likeness (QED) is 0.444. The summed E-state index contributed by atoms with van der Waals surface area (Å²) < 4.78 is 104. The predicted molar refractivity (Wildman–Crippen MR) is 66.3 cm³/mol. The van der Waals surface area contributed by atoms with Gasteiger partial charge in [0.2, 0.25) is 10.0 Å². The molecule has 130 valence electrons. The molecule has 0 saturated carbocycles. The van der Waals surface area contributed by atoms with Gasteiger partial charge in [0.15, 0.2) is 38.0 Å². The maximum Gasteiger partial charge on any atom is 0.302 e. The van der Waals surface area contributed by atoms with Crippen LogP contribution in [0.3, 0.4) is 0 Å². The highest BCUT2D eigenvalue weighted by atomic mass is 32.2. The molecule has 2 N–H and O–H groups in total. The average Bonchev–Trinajstić information content (AvgIpc) is 2.34. The van der Waals surface area contributed by atoms with E-state index < -0.39 is 71.2 Å². The van der Waals surface area contributed by atoms with Crippen LogP contribution in [-0.2, 0) is 29.4 Å². The summed E-state index contributed by atoms with van der Waals surface area (Å²) in [5.74, 6) is -11.9. The molecule has 1 aromatic carbocycles. The largest absolute Gasteiger partial charge is 0.465 e. The fourth-order valence-electron chi connectivity index (χ4n) is 1.51. The molecule has 1 rings (SSSR count). The van der Waals surface area contributed by atoms with Gasteiger partial charge in [-0.3, -0.25) is 4.79 Å². The second-order valence-corrected chi connectivity index (χ2v) is 7.66. The minimum Gasteiger partial charge on any atom is -0.465 e. The van der Waals surface area contributed by atoms with Gasteiger partial charge in [0, 0.05) is 6.92 Å². The van der Waals surface area contributed by atoms with Crippen LogP contribution >= 0.6 is 0 Å². The van der Waals surface area contributed by atoms with Gasteiger partial charge in [-0.05, 0) is 0 Å². The van der Waals surface area contributed by atoms with Gasteiger partial charge in [-0.1, -0.05) is 0 Å². The third kappa shape index (κ3) is 3.97. The van der Waals surface area contributed by atoms with Crippen LogP contribution in [0.2, 0.25) is 0 Å². The number of hydrogen-bond donors (Lipinski definition) is 1. The standard InChI is InChI=1S/C10H9F4NO6S2/c1-4(16)21-2-3-22(17,18)9-5(11)7(13)10(23(15,19)20)8(14)6(9)12/h2-3H2,1H3,(H2,15,19,20). The zero-order chi connectivity index (χ0) is 18.2. The van der Waals surface area contributed by atoms with Crippen molar-refractivity contribution < 1.29 is 43.9 Å². The maximum absolute atomic E-state index is 13.7. The van der Waals surface area contributed by atoms with Crippen LogP contribution in [0.15, 0.2) is 9.79 Å². The Balaban J connectivity index is 3.54. The van der Waals surface area contributed by atoms with Crippen LogP contribution in [-0.4, -0.2) is 35.2 Å². The second-order valence-electron chi connectivity index (χ2n) is 4.12. The molecule has 0 aliphatic heterocycles. The first-order valence-electron chi connectivity index (χ1n) is 5.55. The van der Waals surface area contributed by atoms with Crippen LogP contribution in [0, 0.1) is 23.3 Å². The number of primary sulfonamides is 1. The number of sulfone groups is 1. The Kier molecular flexibility index (Phi) is 5.38. The lowest BCUT2D eigenvalue weighted by atomic mass is 10.3. The van der Waals surface area contributed by atoms with Gasteiger partial charge in [-0.15, -0.1) is 0 Å². The van der Waals surface area contributed by atoms with Gasteiger partial charge < -0.3 is 4.74 Å². The van der Waals surface area contributed by atoms with E-state index in [4.69, 9.17) is 0 Å². The van der Waals surface area contributed by atoms with Crippen molar-refractivity contribution in [2.24, 2.45) is 5.14 Å². The summed E-state index contributed by atoms with van der Waals surface area (Å²) in [5, 5.41) is 4.42. The number of hydrogen-bond acceptors (Lipinski definition) is 6. The second kappa shape index (κ2) is 6.41. The molecule has 0 bridgehead atoms. The summed E-state index contributed by atoms with van der Waals surface area (Å²) in [6.45, 7) is 0.0880. The smallest absolute Gasteiger partial charge is 0.302 e. The molecule has 0 heterocycles. The first kappa shape index (κ1) is 19.3. The molecule has 0 aliphatic rings. The Morgan fingerprint density at radius 2 is 1.35 bits per heavy atom. The number of halogens is 4. The van der Waals surface area contributed by atoms with E-state index in [1.807, 2.05) is 0 Å². The average molecular weight is 379 g/mol. The van der Waals surface area contributed by atoms with Crippen molar-refractivity contribution >= 4 is 25.8 Å². The van der Waals surface area contributed by atoms with Gasteiger partial charge in [-0.25, -0.2) is 39.5 Å². The van der Waals surface area contributed by atoms with E-state index in [0.29, 0.717) is 0 Å². The van der Waals surface area contributed by atoms with Crippen molar-refractivity contribution in [1.29, 1.82) is 0 Å². The van der Waals surface area contributed by atoms with E-state index in [-0.39, 0.29) is 0 Å². The Morgan fingerprint density at radius 3 is 1.70 bits per heavy atom. The SMILES string of the molecule is CC(=O)OCCS(=O)(=O)c1c(F)c(F)c(S(N)(=O)=O)c(F)c1F. The normalized spacial score (nSPS) is 12.3. The molecule has 7 nitrogen and oxygen atoms in total. The molecule has 0 atom stereocenters. The fraction of sp³-hybridized carbons (Fsp3) is 0.300. The number of sulfonamides is 1. The minimum absolute atomic E-state index is 0.837. The summed E-state index contributed by atoms with van der Waals surface area (Å²) >= 11 is 0. The monoisotopic (exact) mass is 379 g/mol. The predicted octanol–water partition coefficient (Wildman–Crippen LogP) is 0.227. The first-order valence-corrected chi connectivity index (χ1v) is 8.75. The summed E-state index contributed by atoms with van der Waals surface area (Å²) in [6, 6.07) is 0. The van der Waals surface area contributed by atoms with E-state index in [0.717, 1.165) is 6.92 Å². The molecule has 0 radical (unpaired) electrons. The zero-order valence-corrected chi connectivity index (χ0v) is 12.9. The Bertz CT molecular complexity index is 837. The zero-order valence-electron chi connectivity index (χ0n) is 11.3. The topological polar surface area (TPSA) is 121 Å². The Hall–Kier alpha value is -1.73. The summed E-state index contributed by atoms with van der Waals surface area (Å²) in [4.78, 5) is 6.34. The molecule has 13 heteroatoms. The van der Waals surface area contributed by atoms with Crippen molar-refractivity contribution in [2.75, 3.05) is 12.4 Å². The molecule has 0 spiro atoms. The van der Waals surface area contributed by atoms with Crippen LogP contribution < -0.4 is 5.14 Å². The lowest BCUT2D eigenvalue weighted by molar-refractivity contribution is -0.140. The van der Waals surface area contributed by atoms with Gasteiger partial charge in [0.25, 0.3) is 0 Å². The van der Waals surface area contributed by atoms with Crippen molar-refractivity contribution in [1.82, 2.24) is 0 Å². The molecular formula is C10H9F4NO6S2. The number of benzene rings is 1. The molecule has 0 amide bonds.